The Balaban J connectivity index is 0.00000121. The predicted octanol–water partition coefficient (Wildman–Crippen LogP) is 0.720. The minimum Gasteiger partial charge on any atom is -0.463 e. The Bertz CT molecular complexity index is 352. The number of ether oxygens (including phenoxy) is 1. The molecule has 1 atom stereocenters. The van der Waals surface area contributed by atoms with E-state index in [9.17, 15) is 9.59 Å². The molecule has 5 nitrogen and oxygen atoms in total. The van der Waals surface area contributed by atoms with Crippen LogP contribution in [0.2, 0.25) is 0 Å². The van der Waals surface area contributed by atoms with Crippen LogP contribution in [0.25, 0.3) is 0 Å². The van der Waals surface area contributed by atoms with Crippen molar-refractivity contribution in [3.05, 3.63) is 30.1 Å². The van der Waals surface area contributed by atoms with Crippen molar-refractivity contribution in [2.75, 3.05) is 7.11 Å². The number of methoxy groups -OCH3 is 1. The fraction of sp³-hybridized carbons (Fsp3) is 0.417. The maximum absolute atomic E-state index is 11.3. The van der Waals surface area contributed by atoms with Gasteiger partial charge in [-0.1, -0.05) is 13.8 Å². The van der Waals surface area contributed by atoms with E-state index in [1.807, 2.05) is 13.8 Å². The van der Waals surface area contributed by atoms with Crippen LogP contribution in [-0.2, 0) is 20.7 Å². The van der Waals surface area contributed by atoms with Gasteiger partial charge in [0.25, 0.3) is 5.78 Å². The maximum atomic E-state index is 11.3. The quantitative estimate of drug-likeness (QED) is 0.617. The molecule has 1 rings (SSSR count). The van der Waals surface area contributed by atoms with Gasteiger partial charge < -0.3 is 10.5 Å². The lowest BCUT2D eigenvalue weighted by Gasteiger charge is -2.08. The molecule has 17 heavy (non-hydrogen) atoms. The average Bonchev–Trinajstić information content (AvgIpc) is 2.40. The number of nitrogens with two attached hydrogens (primary N) is 1. The molecule has 0 radical (unpaired) electrons. The van der Waals surface area contributed by atoms with Gasteiger partial charge in [0, 0.05) is 12.4 Å². The second-order valence-corrected chi connectivity index (χ2v) is 3.02. The third-order valence-corrected chi connectivity index (χ3v) is 1.93. The second-order valence-electron chi connectivity index (χ2n) is 3.02. The highest BCUT2D eigenvalue weighted by molar-refractivity contribution is 6.35. The monoisotopic (exact) mass is 238 g/mol. The van der Waals surface area contributed by atoms with Crippen molar-refractivity contribution in [1.29, 1.82) is 0 Å². The Morgan fingerprint density at radius 1 is 1.35 bits per heavy atom. The maximum Gasteiger partial charge on any atom is 0.376 e. The van der Waals surface area contributed by atoms with E-state index in [0.29, 0.717) is 6.42 Å². The SMILES string of the molecule is CC.COC(=O)C(=O)C(N)Cc1ccncc1. The number of pyridine rings is 1. The molecule has 0 bridgehead atoms. The Morgan fingerprint density at radius 3 is 2.35 bits per heavy atom. The molecule has 94 valence electrons. The lowest BCUT2D eigenvalue weighted by atomic mass is 10.0. The number of esters is 1. The van der Waals surface area contributed by atoms with Gasteiger partial charge in [-0.05, 0) is 24.1 Å². The van der Waals surface area contributed by atoms with Gasteiger partial charge >= 0.3 is 5.97 Å². The summed E-state index contributed by atoms with van der Waals surface area (Å²) in [5.74, 6) is -1.62. The van der Waals surface area contributed by atoms with Gasteiger partial charge in [-0.15, -0.1) is 0 Å². The number of hydrogen-bond acceptors (Lipinski definition) is 5. The minimum atomic E-state index is -0.906. The Labute approximate surface area is 101 Å². The van der Waals surface area contributed by atoms with Crippen LogP contribution in [0.15, 0.2) is 24.5 Å². The van der Waals surface area contributed by atoms with Crippen molar-refractivity contribution in [2.24, 2.45) is 5.73 Å². The highest BCUT2D eigenvalue weighted by Crippen LogP contribution is 2.01. The summed E-state index contributed by atoms with van der Waals surface area (Å²) in [7, 11) is 1.15. The van der Waals surface area contributed by atoms with E-state index < -0.39 is 17.8 Å². The lowest BCUT2D eigenvalue weighted by Crippen LogP contribution is -2.38. The first kappa shape index (κ1) is 15.2. The van der Waals surface area contributed by atoms with E-state index >= 15 is 0 Å². The van der Waals surface area contributed by atoms with E-state index in [4.69, 9.17) is 5.73 Å². The van der Waals surface area contributed by atoms with Gasteiger partial charge in [0.15, 0.2) is 0 Å². The van der Waals surface area contributed by atoms with Gasteiger partial charge in [0.05, 0.1) is 13.2 Å². The summed E-state index contributed by atoms with van der Waals surface area (Å²) in [6.07, 6.45) is 3.51. The van der Waals surface area contributed by atoms with Crippen LogP contribution >= 0.6 is 0 Å². The van der Waals surface area contributed by atoms with Crippen LogP contribution in [-0.4, -0.2) is 29.9 Å². The third-order valence-electron chi connectivity index (χ3n) is 1.93. The van der Waals surface area contributed by atoms with Gasteiger partial charge in [-0.25, -0.2) is 4.79 Å². The standard InChI is InChI=1S/C10H12N2O3.C2H6/c1-15-10(14)9(13)8(11)6-7-2-4-12-5-3-7;1-2/h2-5,8H,6,11H2,1H3;1-2H3. The first-order chi connectivity index (χ1) is 8.15. The predicted molar refractivity (Wildman–Crippen MR) is 64.3 cm³/mol. The Kier molecular flexibility index (Phi) is 7.54. The average molecular weight is 238 g/mol. The molecule has 1 aromatic heterocycles. The normalized spacial score (nSPS) is 10.8. The zero-order valence-electron chi connectivity index (χ0n) is 10.3. The zero-order valence-corrected chi connectivity index (χ0v) is 10.3. The molecule has 0 amide bonds. The van der Waals surface area contributed by atoms with Crippen molar-refractivity contribution < 1.29 is 14.3 Å². The molecule has 0 aromatic carbocycles. The molecule has 0 fully saturated rings. The third kappa shape index (κ3) is 5.21. The molecule has 0 aliphatic carbocycles. The number of hydrogen-bond donors (Lipinski definition) is 1. The van der Waals surface area contributed by atoms with Crippen molar-refractivity contribution in [2.45, 2.75) is 26.3 Å². The number of rotatable bonds is 4. The highest BCUT2D eigenvalue weighted by atomic mass is 16.5. The van der Waals surface area contributed by atoms with Crippen LogP contribution in [0.5, 0.6) is 0 Å². The first-order valence-corrected chi connectivity index (χ1v) is 5.41. The number of nitrogens with zero attached hydrogens (tertiary/aromatic N) is 1. The van der Waals surface area contributed by atoms with Gasteiger partial charge in [-0.3, -0.25) is 9.78 Å². The van der Waals surface area contributed by atoms with Crippen LogP contribution in [0.3, 0.4) is 0 Å². The van der Waals surface area contributed by atoms with Crippen molar-refractivity contribution in [3.8, 4) is 0 Å². The molecule has 1 heterocycles. The number of carbonyl (C=O) groups is 2. The number of aromatic nitrogens is 1. The molecule has 0 aliphatic heterocycles. The molecule has 0 aliphatic rings. The van der Waals surface area contributed by atoms with Gasteiger partial charge in [0.1, 0.15) is 0 Å². The Morgan fingerprint density at radius 2 is 1.88 bits per heavy atom. The molecule has 0 spiro atoms. The molecule has 0 saturated carbocycles. The Hall–Kier alpha value is -1.75. The fourth-order valence-electron chi connectivity index (χ4n) is 1.12. The summed E-state index contributed by atoms with van der Waals surface area (Å²) < 4.78 is 4.29. The summed E-state index contributed by atoms with van der Waals surface area (Å²) in [4.78, 5) is 26.0. The first-order valence-electron chi connectivity index (χ1n) is 5.41. The fourth-order valence-corrected chi connectivity index (χ4v) is 1.12. The van der Waals surface area contributed by atoms with Crippen LogP contribution in [0.1, 0.15) is 19.4 Å². The molecule has 1 unspecified atom stereocenters. The molecule has 1 aromatic rings. The lowest BCUT2D eigenvalue weighted by molar-refractivity contribution is -0.152. The summed E-state index contributed by atoms with van der Waals surface area (Å²) in [5, 5.41) is 0. The highest BCUT2D eigenvalue weighted by Gasteiger charge is 2.22. The summed E-state index contributed by atoms with van der Waals surface area (Å²) >= 11 is 0. The van der Waals surface area contributed by atoms with Crippen molar-refractivity contribution in [3.63, 3.8) is 0 Å². The van der Waals surface area contributed by atoms with E-state index in [2.05, 4.69) is 9.72 Å². The van der Waals surface area contributed by atoms with Crippen LogP contribution in [0.4, 0.5) is 0 Å². The summed E-state index contributed by atoms with van der Waals surface area (Å²) in [5.41, 5.74) is 6.41. The minimum absolute atomic E-state index is 0.302. The van der Waals surface area contributed by atoms with Crippen LogP contribution in [0, 0.1) is 0 Å². The molecular weight excluding hydrogens is 220 g/mol. The van der Waals surface area contributed by atoms with E-state index in [0.717, 1.165) is 12.7 Å². The van der Waals surface area contributed by atoms with E-state index in [1.54, 1.807) is 24.5 Å². The zero-order chi connectivity index (χ0) is 13.3. The topological polar surface area (TPSA) is 82.3 Å². The van der Waals surface area contributed by atoms with E-state index in [1.165, 1.54) is 0 Å². The van der Waals surface area contributed by atoms with Gasteiger partial charge in [0.2, 0.25) is 0 Å². The van der Waals surface area contributed by atoms with E-state index in [-0.39, 0.29) is 0 Å². The van der Waals surface area contributed by atoms with Crippen molar-refractivity contribution >= 4 is 11.8 Å². The molecular formula is C12H18N2O3. The molecule has 0 saturated heterocycles. The molecule has 2 N–H and O–H groups in total. The number of carbonyl (C=O) groups excluding carboxylic acids is 2. The largest absolute Gasteiger partial charge is 0.463 e. The second kappa shape index (κ2) is 8.41. The molecule has 5 heteroatoms. The summed E-state index contributed by atoms with van der Waals surface area (Å²) in [6.45, 7) is 4.00. The smallest absolute Gasteiger partial charge is 0.376 e. The van der Waals surface area contributed by atoms with Gasteiger partial charge in [-0.2, -0.15) is 0 Å². The van der Waals surface area contributed by atoms with Crippen molar-refractivity contribution in [1.82, 2.24) is 4.98 Å². The number of Topliss-reactive ketones (excluding diaryl/α,β-unsaturated/α-hetero) is 1. The number of ketones is 1. The van der Waals surface area contributed by atoms with Crippen LogP contribution < -0.4 is 5.73 Å². The summed E-state index contributed by atoms with van der Waals surface area (Å²) in [6, 6.07) is 2.62.